The lowest BCUT2D eigenvalue weighted by Crippen LogP contribution is -2.75. The van der Waals surface area contributed by atoms with Crippen LogP contribution in [-0.2, 0) is 0 Å². The molecule has 18 heteroatoms. The van der Waals surface area contributed by atoms with Gasteiger partial charge in [0, 0.05) is 0 Å². The second-order valence-electron chi connectivity index (χ2n) is 4.85. The Balaban J connectivity index is 6.65. The Labute approximate surface area is 136 Å². The van der Waals surface area contributed by atoms with Gasteiger partial charge in [0.15, 0.2) is 0 Å². The molecule has 0 fully saturated rings. The van der Waals surface area contributed by atoms with Crippen molar-refractivity contribution in [2.24, 2.45) is 0 Å². The van der Waals surface area contributed by atoms with Crippen molar-refractivity contribution in [2.45, 2.75) is 47.6 Å². The summed E-state index contributed by atoms with van der Waals surface area (Å²) in [6.45, 7) is -3.43. The molecule has 0 radical (unpaired) electrons. The van der Waals surface area contributed by atoms with Crippen molar-refractivity contribution in [3.05, 3.63) is 0 Å². The molecule has 0 spiro atoms. The number of rotatable bonds is 8. The monoisotopic (exact) mass is 448 g/mol. The molecule has 0 heterocycles. The molecule has 0 aromatic heterocycles. The Bertz CT molecular complexity index is 547. The smallest absolute Gasteiger partial charge is 0.390 e. The summed E-state index contributed by atoms with van der Waals surface area (Å²) in [5.74, 6) is -56.2. The lowest BCUT2D eigenvalue weighted by atomic mass is 9.89. The maximum absolute atomic E-state index is 13.0. The molecule has 0 saturated carbocycles. The molecule has 0 bridgehead atoms. The van der Waals surface area contributed by atoms with E-state index in [0.717, 1.165) is 0 Å². The minimum atomic E-state index is -8.56. The fourth-order valence-electron chi connectivity index (χ4n) is 1.31. The van der Waals surface area contributed by atoms with Crippen molar-refractivity contribution in [1.29, 1.82) is 0 Å². The largest absolute Gasteiger partial charge is 0.423 e. The van der Waals surface area contributed by atoms with Crippen LogP contribution in [0.15, 0.2) is 0 Å². The SMILES string of the molecule is OCC(F)(F)C(F)(F)C(F)(F)C(F)(F)C(F)(F)C(F)(F)C(F)(F)C(O)(F)F. The van der Waals surface area contributed by atoms with Crippen molar-refractivity contribution in [2.75, 3.05) is 6.61 Å². The first-order valence-electron chi connectivity index (χ1n) is 5.67. The van der Waals surface area contributed by atoms with E-state index < -0.39 is 54.2 Å². The van der Waals surface area contributed by atoms with Crippen molar-refractivity contribution >= 4 is 0 Å². The maximum atomic E-state index is 13.0. The molecule has 0 unspecified atom stereocenters. The zero-order chi connectivity index (χ0) is 22.7. The molecule has 0 saturated heterocycles. The third kappa shape index (κ3) is 3.07. The summed E-state index contributed by atoms with van der Waals surface area (Å²) < 4.78 is 203. The highest BCUT2D eigenvalue weighted by Gasteiger charge is 2.94. The first kappa shape index (κ1) is 25.8. The van der Waals surface area contributed by atoms with Gasteiger partial charge < -0.3 is 10.2 Å². The van der Waals surface area contributed by atoms with Crippen LogP contribution in [-0.4, -0.2) is 64.4 Å². The van der Waals surface area contributed by atoms with E-state index in [1.54, 1.807) is 0 Å². The maximum Gasteiger partial charge on any atom is 0.423 e. The third-order valence-electron chi connectivity index (χ3n) is 3.01. The standard InChI is InChI=1S/C9H4F16O2/c10-2(11,1-26)3(12,13)4(14,15)5(16,17)6(18,19)7(20,21)8(22,23)9(24,25)27/h26-27H,1H2. The predicted molar refractivity (Wildman–Crippen MR) is 48.9 cm³/mol. The summed E-state index contributed by atoms with van der Waals surface area (Å²) in [7, 11) is 0. The van der Waals surface area contributed by atoms with Gasteiger partial charge >= 0.3 is 47.6 Å². The molecular formula is C9H4F16O2. The Kier molecular flexibility index (Phi) is 5.87. The quantitative estimate of drug-likeness (QED) is 0.552. The van der Waals surface area contributed by atoms with E-state index in [1.165, 1.54) is 0 Å². The second-order valence-corrected chi connectivity index (χ2v) is 4.85. The molecule has 2 N–H and O–H groups in total. The van der Waals surface area contributed by atoms with Crippen LogP contribution >= 0.6 is 0 Å². The van der Waals surface area contributed by atoms with E-state index >= 15 is 0 Å². The van der Waals surface area contributed by atoms with Gasteiger partial charge in [-0.15, -0.1) is 0 Å². The zero-order valence-corrected chi connectivity index (χ0v) is 11.6. The van der Waals surface area contributed by atoms with Gasteiger partial charge in [0.2, 0.25) is 0 Å². The number of aliphatic hydroxyl groups excluding tert-OH is 1. The normalized spacial score (nSPS) is 16.7. The Morgan fingerprint density at radius 2 is 0.630 bits per heavy atom. The van der Waals surface area contributed by atoms with Crippen molar-refractivity contribution in [3.63, 3.8) is 0 Å². The summed E-state index contributed by atoms with van der Waals surface area (Å²) in [5.41, 5.74) is 0. The van der Waals surface area contributed by atoms with E-state index in [9.17, 15) is 70.2 Å². The third-order valence-corrected chi connectivity index (χ3v) is 3.01. The number of hydrogen-bond donors (Lipinski definition) is 2. The minimum Gasteiger partial charge on any atom is -0.390 e. The first-order valence-corrected chi connectivity index (χ1v) is 5.67. The van der Waals surface area contributed by atoms with Gasteiger partial charge in [-0.2, -0.15) is 70.2 Å². The van der Waals surface area contributed by atoms with Gasteiger partial charge in [-0.1, -0.05) is 0 Å². The molecule has 0 amide bonds. The summed E-state index contributed by atoms with van der Waals surface area (Å²) >= 11 is 0. The number of hydrogen-bond acceptors (Lipinski definition) is 2. The highest BCUT2D eigenvalue weighted by molar-refractivity contribution is 5.14. The van der Waals surface area contributed by atoms with Gasteiger partial charge in [-0.25, -0.2) is 0 Å². The molecule has 0 aliphatic heterocycles. The van der Waals surface area contributed by atoms with Gasteiger partial charge in [0.1, 0.15) is 6.61 Å². The van der Waals surface area contributed by atoms with Crippen molar-refractivity contribution in [3.8, 4) is 0 Å². The van der Waals surface area contributed by atoms with Gasteiger partial charge in [-0.3, -0.25) is 0 Å². The molecule has 0 aliphatic rings. The molecule has 0 aromatic carbocycles. The fraction of sp³-hybridized carbons (Fsp3) is 1.00. The molecule has 2 nitrogen and oxygen atoms in total. The second kappa shape index (κ2) is 6.15. The first-order chi connectivity index (χ1) is 11.3. The van der Waals surface area contributed by atoms with E-state index in [-0.39, 0.29) is 0 Å². The van der Waals surface area contributed by atoms with E-state index in [4.69, 9.17) is 10.2 Å². The van der Waals surface area contributed by atoms with Crippen LogP contribution in [0.1, 0.15) is 0 Å². The van der Waals surface area contributed by atoms with Crippen LogP contribution in [0.25, 0.3) is 0 Å². The Morgan fingerprint density at radius 3 is 0.852 bits per heavy atom. The van der Waals surface area contributed by atoms with E-state index in [1.807, 2.05) is 0 Å². The van der Waals surface area contributed by atoms with Crippen molar-refractivity contribution < 1.29 is 80.5 Å². The number of aliphatic hydroxyl groups is 2. The highest BCUT2D eigenvalue weighted by atomic mass is 19.4. The lowest BCUT2D eigenvalue weighted by Gasteiger charge is -2.42. The van der Waals surface area contributed by atoms with Crippen molar-refractivity contribution in [1.82, 2.24) is 0 Å². The van der Waals surface area contributed by atoms with Crippen LogP contribution in [0.5, 0.6) is 0 Å². The van der Waals surface area contributed by atoms with Crippen LogP contribution < -0.4 is 0 Å². The predicted octanol–water partition coefficient (Wildman–Crippen LogP) is 4.01. The van der Waals surface area contributed by atoms with E-state index in [2.05, 4.69) is 0 Å². The van der Waals surface area contributed by atoms with Crippen LogP contribution in [0.3, 0.4) is 0 Å². The summed E-state index contributed by atoms with van der Waals surface area (Å²) in [5, 5.41) is 15.2. The summed E-state index contributed by atoms with van der Waals surface area (Å²) in [6, 6.07) is 0. The Morgan fingerprint density at radius 1 is 0.407 bits per heavy atom. The van der Waals surface area contributed by atoms with Gasteiger partial charge in [0.25, 0.3) is 0 Å². The molecule has 0 aliphatic carbocycles. The van der Waals surface area contributed by atoms with Crippen LogP contribution in [0.4, 0.5) is 70.2 Å². The van der Waals surface area contributed by atoms with Gasteiger partial charge in [-0.05, 0) is 0 Å². The highest BCUT2D eigenvalue weighted by Crippen LogP contribution is 2.63. The molecule has 0 atom stereocenters. The topological polar surface area (TPSA) is 40.5 Å². The lowest BCUT2D eigenvalue weighted by molar-refractivity contribution is -0.469. The molecule has 0 aromatic rings. The van der Waals surface area contributed by atoms with Crippen LogP contribution in [0.2, 0.25) is 0 Å². The summed E-state index contributed by atoms with van der Waals surface area (Å²) in [6.07, 6.45) is -7.27. The molecule has 0 rings (SSSR count). The number of alkyl halides is 16. The average Bonchev–Trinajstić information content (AvgIpc) is 2.44. The molecule has 164 valence electrons. The fourth-order valence-corrected chi connectivity index (χ4v) is 1.31. The van der Waals surface area contributed by atoms with E-state index in [0.29, 0.717) is 0 Å². The van der Waals surface area contributed by atoms with Crippen LogP contribution in [0, 0.1) is 0 Å². The molecule has 27 heavy (non-hydrogen) atoms. The van der Waals surface area contributed by atoms with Gasteiger partial charge in [0.05, 0.1) is 0 Å². The average molecular weight is 448 g/mol. The zero-order valence-electron chi connectivity index (χ0n) is 11.6. The minimum absolute atomic E-state index is 3.43. The molecular weight excluding hydrogens is 444 g/mol. The Hall–Kier alpha value is -1.20. The summed E-state index contributed by atoms with van der Waals surface area (Å²) in [4.78, 5) is 0. The number of halogens is 16.